The van der Waals surface area contributed by atoms with Crippen molar-refractivity contribution in [2.45, 2.75) is 20.4 Å². The summed E-state index contributed by atoms with van der Waals surface area (Å²) in [5, 5.41) is 8.28. The summed E-state index contributed by atoms with van der Waals surface area (Å²) in [7, 11) is 0. The number of aryl methyl sites for hydroxylation is 2. The second kappa shape index (κ2) is 5.25. The molecule has 0 saturated carbocycles. The molecule has 2 rings (SSSR count). The Bertz CT molecular complexity index is 506. The summed E-state index contributed by atoms with van der Waals surface area (Å²) in [6.45, 7) is 6.64. The Morgan fingerprint density at radius 1 is 1.24 bits per heavy atom. The van der Waals surface area contributed by atoms with E-state index in [1.54, 1.807) is 0 Å². The highest BCUT2D eigenvalue weighted by Gasteiger charge is 2.06. The predicted octanol–water partition coefficient (Wildman–Crippen LogP) is 1.02. The molecule has 17 heavy (non-hydrogen) atoms. The maximum atomic E-state index is 5.36. The van der Waals surface area contributed by atoms with Crippen molar-refractivity contribution in [3.8, 4) is 0 Å². The smallest absolute Gasteiger partial charge is 0.113 e. The first kappa shape index (κ1) is 12.0. The van der Waals surface area contributed by atoms with Crippen molar-refractivity contribution >= 4 is 11.0 Å². The zero-order chi connectivity index (χ0) is 12.3. The van der Waals surface area contributed by atoms with E-state index in [0.717, 1.165) is 11.0 Å². The Morgan fingerprint density at radius 2 is 2.00 bits per heavy atom. The van der Waals surface area contributed by atoms with Crippen molar-refractivity contribution in [3.63, 3.8) is 0 Å². The first-order valence-corrected chi connectivity index (χ1v) is 5.80. The first-order valence-electron chi connectivity index (χ1n) is 5.80. The van der Waals surface area contributed by atoms with E-state index in [9.17, 15) is 0 Å². The SMILES string of the molecule is Cc1cc2nnn(CCOCCN)c2cc1C. The molecule has 5 nitrogen and oxygen atoms in total. The number of hydrogen-bond donors (Lipinski definition) is 1. The lowest BCUT2D eigenvalue weighted by Crippen LogP contribution is -2.13. The van der Waals surface area contributed by atoms with Gasteiger partial charge in [0.25, 0.3) is 0 Å². The van der Waals surface area contributed by atoms with E-state index < -0.39 is 0 Å². The summed E-state index contributed by atoms with van der Waals surface area (Å²) in [6, 6.07) is 4.18. The van der Waals surface area contributed by atoms with Gasteiger partial charge in [-0.1, -0.05) is 5.21 Å². The van der Waals surface area contributed by atoms with Gasteiger partial charge in [-0.05, 0) is 37.1 Å². The number of nitrogens with zero attached hydrogens (tertiary/aromatic N) is 3. The fourth-order valence-electron chi connectivity index (χ4n) is 1.72. The quantitative estimate of drug-likeness (QED) is 0.784. The van der Waals surface area contributed by atoms with Crippen molar-refractivity contribution < 1.29 is 4.74 Å². The van der Waals surface area contributed by atoms with Crippen molar-refractivity contribution in [2.75, 3.05) is 19.8 Å². The minimum Gasteiger partial charge on any atom is -0.378 e. The van der Waals surface area contributed by atoms with Gasteiger partial charge in [0, 0.05) is 6.54 Å². The molecule has 0 atom stereocenters. The van der Waals surface area contributed by atoms with Crippen molar-refractivity contribution in [3.05, 3.63) is 23.3 Å². The molecule has 0 aliphatic heterocycles. The third kappa shape index (κ3) is 2.62. The van der Waals surface area contributed by atoms with Gasteiger partial charge in [0.15, 0.2) is 0 Å². The van der Waals surface area contributed by atoms with E-state index in [1.165, 1.54) is 11.1 Å². The Morgan fingerprint density at radius 3 is 2.76 bits per heavy atom. The molecule has 1 aromatic carbocycles. The zero-order valence-electron chi connectivity index (χ0n) is 10.3. The maximum absolute atomic E-state index is 5.36. The van der Waals surface area contributed by atoms with Gasteiger partial charge in [-0.15, -0.1) is 5.10 Å². The molecule has 5 heteroatoms. The molecule has 1 heterocycles. The monoisotopic (exact) mass is 234 g/mol. The van der Waals surface area contributed by atoms with Gasteiger partial charge in [0.05, 0.1) is 25.3 Å². The third-order valence-corrected chi connectivity index (χ3v) is 2.84. The average molecular weight is 234 g/mol. The van der Waals surface area contributed by atoms with E-state index in [4.69, 9.17) is 10.5 Å². The molecule has 92 valence electrons. The van der Waals surface area contributed by atoms with Crippen LogP contribution in [0.5, 0.6) is 0 Å². The Kier molecular flexibility index (Phi) is 3.71. The number of fused-ring (bicyclic) bond motifs is 1. The molecule has 2 aromatic rings. The molecule has 0 amide bonds. The lowest BCUT2D eigenvalue weighted by molar-refractivity contribution is 0.131. The molecule has 0 bridgehead atoms. The maximum Gasteiger partial charge on any atom is 0.113 e. The van der Waals surface area contributed by atoms with Crippen LogP contribution in [-0.4, -0.2) is 34.8 Å². The highest BCUT2D eigenvalue weighted by atomic mass is 16.5. The van der Waals surface area contributed by atoms with Crippen LogP contribution < -0.4 is 5.73 Å². The summed E-state index contributed by atoms with van der Waals surface area (Å²) in [4.78, 5) is 0. The highest BCUT2D eigenvalue weighted by Crippen LogP contribution is 2.16. The first-order chi connectivity index (χ1) is 8.22. The predicted molar refractivity (Wildman–Crippen MR) is 66.9 cm³/mol. The molecule has 0 saturated heterocycles. The molecule has 1 aromatic heterocycles. The Labute approximate surface area is 101 Å². The van der Waals surface area contributed by atoms with Crippen molar-refractivity contribution in [1.82, 2.24) is 15.0 Å². The second-order valence-corrected chi connectivity index (χ2v) is 4.14. The van der Waals surface area contributed by atoms with E-state index in [0.29, 0.717) is 26.3 Å². The molecule has 0 fully saturated rings. The standard InChI is InChI=1S/C12H18N4O/c1-9-7-11-12(8-10(9)2)16(15-14-11)4-6-17-5-3-13/h7-8H,3-6,13H2,1-2H3. The minimum absolute atomic E-state index is 0.552. The zero-order valence-corrected chi connectivity index (χ0v) is 10.3. The largest absolute Gasteiger partial charge is 0.378 e. The summed E-state index contributed by atoms with van der Waals surface area (Å²) in [6.07, 6.45) is 0. The van der Waals surface area contributed by atoms with Gasteiger partial charge < -0.3 is 10.5 Å². The highest BCUT2D eigenvalue weighted by molar-refractivity contribution is 5.76. The summed E-state index contributed by atoms with van der Waals surface area (Å²) < 4.78 is 7.22. The molecular formula is C12H18N4O. The van der Waals surface area contributed by atoms with Crippen LogP contribution in [0.1, 0.15) is 11.1 Å². The summed E-state index contributed by atoms with van der Waals surface area (Å²) in [5.74, 6) is 0. The number of hydrogen-bond acceptors (Lipinski definition) is 4. The van der Waals surface area contributed by atoms with E-state index in [-0.39, 0.29) is 0 Å². The van der Waals surface area contributed by atoms with Gasteiger partial charge in [0.1, 0.15) is 5.52 Å². The summed E-state index contributed by atoms with van der Waals surface area (Å²) in [5.41, 5.74) is 9.85. The van der Waals surface area contributed by atoms with Crippen LogP contribution in [0.2, 0.25) is 0 Å². The van der Waals surface area contributed by atoms with Crippen LogP contribution in [-0.2, 0) is 11.3 Å². The van der Waals surface area contributed by atoms with Gasteiger partial charge >= 0.3 is 0 Å². The number of rotatable bonds is 5. The van der Waals surface area contributed by atoms with Crippen molar-refractivity contribution in [2.24, 2.45) is 5.73 Å². The van der Waals surface area contributed by atoms with Crippen molar-refractivity contribution in [1.29, 1.82) is 0 Å². The molecule has 0 spiro atoms. The second-order valence-electron chi connectivity index (χ2n) is 4.14. The molecule has 0 radical (unpaired) electrons. The van der Waals surface area contributed by atoms with E-state index in [2.05, 4.69) is 36.3 Å². The van der Waals surface area contributed by atoms with Gasteiger partial charge in [-0.2, -0.15) is 0 Å². The molecule has 0 unspecified atom stereocenters. The molecule has 2 N–H and O–H groups in total. The minimum atomic E-state index is 0.552. The number of nitrogens with two attached hydrogens (primary N) is 1. The number of benzene rings is 1. The van der Waals surface area contributed by atoms with E-state index >= 15 is 0 Å². The molecule has 0 aliphatic rings. The molecular weight excluding hydrogens is 216 g/mol. The van der Waals surface area contributed by atoms with Crippen LogP contribution >= 0.6 is 0 Å². The van der Waals surface area contributed by atoms with Crippen LogP contribution in [0.25, 0.3) is 11.0 Å². The van der Waals surface area contributed by atoms with Crippen LogP contribution in [0.3, 0.4) is 0 Å². The van der Waals surface area contributed by atoms with Gasteiger partial charge in [0.2, 0.25) is 0 Å². The lowest BCUT2D eigenvalue weighted by atomic mass is 10.1. The van der Waals surface area contributed by atoms with Gasteiger partial charge in [-0.25, -0.2) is 4.68 Å². The normalized spacial score (nSPS) is 11.2. The fourth-order valence-corrected chi connectivity index (χ4v) is 1.72. The fraction of sp³-hybridized carbons (Fsp3) is 0.500. The average Bonchev–Trinajstić information content (AvgIpc) is 2.68. The van der Waals surface area contributed by atoms with E-state index in [1.807, 2.05) is 4.68 Å². The number of aromatic nitrogens is 3. The van der Waals surface area contributed by atoms with Gasteiger partial charge in [-0.3, -0.25) is 0 Å². The third-order valence-electron chi connectivity index (χ3n) is 2.84. The summed E-state index contributed by atoms with van der Waals surface area (Å²) >= 11 is 0. The Hall–Kier alpha value is -1.46. The van der Waals surface area contributed by atoms with Crippen LogP contribution in [0.4, 0.5) is 0 Å². The number of ether oxygens (including phenoxy) is 1. The van der Waals surface area contributed by atoms with Crippen LogP contribution in [0.15, 0.2) is 12.1 Å². The topological polar surface area (TPSA) is 66.0 Å². The molecule has 0 aliphatic carbocycles. The lowest BCUT2D eigenvalue weighted by Gasteiger charge is -2.04. The Balaban J connectivity index is 2.15. The van der Waals surface area contributed by atoms with Crippen LogP contribution in [0, 0.1) is 13.8 Å².